The van der Waals surface area contributed by atoms with Crippen LogP contribution in [0, 0.1) is 10.1 Å². The van der Waals surface area contributed by atoms with Crippen LogP contribution >= 0.6 is 0 Å². The van der Waals surface area contributed by atoms with Gasteiger partial charge in [0, 0.05) is 28.6 Å². The summed E-state index contributed by atoms with van der Waals surface area (Å²) in [7, 11) is -9.77. The van der Waals surface area contributed by atoms with Gasteiger partial charge < -0.3 is 10.2 Å². The SMILES string of the molecule is O=[N+]([O-])c1ccc(-c2c(O)ccc3ccccc23)c(N=Nc2c(O)c(S(=O)(=O)O)cc3cc(S(=O)(=O)O)ccc23)c1. The van der Waals surface area contributed by atoms with E-state index in [4.69, 9.17) is 0 Å². The first-order valence-electron chi connectivity index (χ1n) is 11.4. The van der Waals surface area contributed by atoms with Gasteiger partial charge in [0.15, 0.2) is 5.75 Å². The number of benzene rings is 5. The monoisotopic (exact) mass is 595 g/mol. The van der Waals surface area contributed by atoms with Crippen LogP contribution in [0.15, 0.2) is 98.9 Å². The first-order chi connectivity index (χ1) is 19.3. The number of hydrogen-bond acceptors (Lipinski definition) is 10. The van der Waals surface area contributed by atoms with E-state index in [1.54, 1.807) is 30.3 Å². The molecule has 0 bridgehead atoms. The molecule has 0 saturated carbocycles. The molecule has 0 heterocycles. The van der Waals surface area contributed by atoms with Crippen molar-refractivity contribution in [1.29, 1.82) is 0 Å². The Kier molecular flexibility index (Phi) is 6.66. The molecule has 0 aromatic heterocycles. The average Bonchev–Trinajstić information content (AvgIpc) is 2.91. The van der Waals surface area contributed by atoms with Crippen molar-refractivity contribution >= 4 is 58.8 Å². The Hall–Kier alpha value is -4.96. The second-order valence-electron chi connectivity index (χ2n) is 8.74. The molecular formula is C26H17N3O10S2. The number of phenols is 2. The minimum atomic E-state index is -5.06. The van der Waals surface area contributed by atoms with E-state index >= 15 is 0 Å². The third-order valence-electron chi connectivity index (χ3n) is 6.22. The van der Waals surface area contributed by atoms with E-state index in [0.717, 1.165) is 35.7 Å². The van der Waals surface area contributed by atoms with Crippen molar-refractivity contribution in [2.45, 2.75) is 9.79 Å². The summed E-state index contributed by atoms with van der Waals surface area (Å²) in [6, 6.07) is 17.5. The van der Waals surface area contributed by atoms with Crippen molar-refractivity contribution in [3.05, 3.63) is 89.0 Å². The Morgan fingerprint density at radius 2 is 1.46 bits per heavy atom. The zero-order valence-electron chi connectivity index (χ0n) is 20.4. The molecule has 41 heavy (non-hydrogen) atoms. The molecule has 15 heteroatoms. The highest BCUT2D eigenvalue weighted by atomic mass is 32.2. The van der Waals surface area contributed by atoms with Gasteiger partial charge in [0.1, 0.15) is 22.0 Å². The summed E-state index contributed by atoms with van der Waals surface area (Å²) in [6.45, 7) is 0. The van der Waals surface area contributed by atoms with Crippen LogP contribution in [0.2, 0.25) is 0 Å². The van der Waals surface area contributed by atoms with Crippen LogP contribution in [0.5, 0.6) is 11.5 Å². The molecule has 4 N–H and O–H groups in total. The molecule has 0 aliphatic carbocycles. The minimum absolute atomic E-state index is 0.0361. The second-order valence-corrected chi connectivity index (χ2v) is 11.6. The number of nitro groups is 1. The lowest BCUT2D eigenvalue weighted by atomic mass is 9.96. The molecule has 5 rings (SSSR count). The van der Waals surface area contributed by atoms with Crippen LogP contribution in [-0.4, -0.2) is 41.1 Å². The molecule has 0 unspecified atom stereocenters. The van der Waals surface area contributed by atoms with Crippen molar-refractivity contribution in [1.82, 2.24) is 0 Å². The van der Waals surface area contributed by atoms with E-state index in [1.807, 2.05) is 0 Å². The lowest BCUT2D eigenvalue weighted by Crippen LogP contribution is -2.00. The zero-order valence-corrected chi connectivity index (χ0v) is 22.0. The summed E-state index contributed by atoms with van der Waals surface area (Å²) in [5.74, 6) is -1.21. The van der Waals surface area contributed by atoms with Gasteiger partial charge in [-0.2, -0.15) is 16.8 Å². The summed E-state index contributed by atoms with van der Waals surface area (Å²) >= 11 is 0. The van der Waals surface area contributed by atoms with Crippen LogP contribution in [-0.2, 0) is 20.2 Å². The van der Waals surface area contributed by atoms with Gasteiger partial charge in [-0.3, -0.25) is 19.2 Å². The molecule has 5 aromatic carbocycles. The number of rotatable bonds is 6. The highest BCUT2D eigenvalue weighted by Gasteiger charge is 2.24. The van der Waals surface area contributed by atoms with Crippen LogP contribution in [0.1, 0.15) is 0 Å². The number of nitro benzene ring substituents is 1. The van der Waals surface area contributed by atoms with E-state index in [-0.39, 0.29) is 39.0 Å². The molecule has 0 saturated heterocycles. The Bertz CT molecular complexity index is 2160. The molecule has 208 valence electrons. The quantitative estimate of drug-likeness (QED) is 0.0789. The van der Waals surface area contributed by atoms with Crippen molar-refractivity contribution in [3.63, 3.8) is 0 Å². The van der Waals surface area contributed by atoms with Gasteiger partial charge in [0.05, 0.1) is 9.82 Å². The maximum absolute atomic E-state index is 12.0. The van der Waals surface area contributed by atoms with Crippen LogP contribution in [0.4, 0.5) is 17.1 Å². The lowest BCUT2D eigenvalue weighted by Gasteiger charge is -2.12. The maximum atomic E-state index is 12.0. The van der Waals surface area contributed by atoms with Crippen molar-refractivity contribution in [2.75, 3.05) is 0 Å². The fraction of sp³-hybridized carbons (Fsp3) is 0. The number of fused-ring (bicyclic) bond motifs is 2. The Morgan fingerprint density at radius 1 is 0.732 bits per heavy atom. The highest BCUT2D eigenvalue weighted by molar-refractivity contribution is 7.86. The predicted molar refractivity (Wildman–Crippen MR) is 147 cm³/mol. The Balaban J connectivity index is 1.80. The number of nitrogens with zero attached hydrogens (tertiary/aromatic N) is 3. The average molecular weight is 596 g/mol. The standard InChI is InChI=1S/C26H17N3O10S2/c30-22-10-5-14-3-1-2-4-18(14)24(22)20-8-6-16(29(32)33)13-21(20)27-28-25-19-9-7-17(40(34,35)36)11-15(19)12-23(26(25)31)41(37,38)39/h1-13,30-31H,(H,34,35,36)(H,37,38,39). The van der Waals surface area contributed by atoms with E-state index in [1.165, 1.54) is 18.2 Å². The molecule has 0 amide bonds. The van der Waals surface area contributed by atoms with Gasteiger partial charge in [-0.25, -0.2) is 0 Å². The van der Waals surface area contributed by atoms with E-state index in [9.17, 15) is 46.3 Å². The number of hydrogen-bond donors (Lipinski definition) is 4. The summed E-state index contributed by atoms with van der Waals surface area (Å²) in [5.41, 5.74) is -0.592. The lowest BCUT2D eigenvalue weighted by molar-refractivity contribution is -0.384. The number of phenolic OH excluding ortho intramolecular Hbond substituents is 2. The molecule has 0 aliphatic rings. The third-order valence-corrected chi connectivity index (χ3v) is 7.94. The fourth-order valence-electron chi connectivity index (χ4n) is 4.36. The van der Waals surface area contributed by atoms with E-state index in [0.29, 0.717) is 5.39 Å². The molecule has 0 atom stereocenters. The highest BCUT2D eigenvalue weighted by Crippen LogP contribution is 2.45. The molecule has 13 nitrogen and oxygen atoms in total. The summed E-state index contributed by atoms with van der Waals surface area (Å²) < 4.78 is 66.3. The summed E-state index contributed by atoms with van der Waals surface area (Å²) in [4.78, 5) is 9.21. The number of aromatic hydroxyl groups is 2. The molecule has 0 radical (unpaired) electrons. The van der Waals surface area contributed by atoms with Crippen molar-refractivity contribution in [2.24, 2.45) is 10.2 Å². The zero-order chi connectivity index (χ0) is 29.7. The smallest absolute Gasteiger partial charge is 0.298 e. The maximum Gasteiger partial charge on any atom is 0.298 e. The molecule has 0 spiro atoms. The molecule has 0 aliphatic heterocycles. The fourth-order valence-corrected chi connectivity index (χ4v) is 5.50. The van der Waals surface area contributed by atoms with Gasteiger partial charge in [-0.05, 0) is 46.5 Å². The normalized spacial score (nSPS) is 12.3. The second kappa shape index (κ2) is 9.90. The van der Waals surface area contributed by atoms with E-state index in [2.05, 4.69) is 10.2 Å². The van der Waals surface area contributed by atoms with Gasteiger partial charge >= 0.3 is 0 Å². The number of azo groups is 1. The first-order valence-corrected chi connectivity index (χ1v) is 14.3. The third kappa shape index (κ3) is 5.17. The summed E-state index contributed by atoms with van der Waals surface area (Å²) in [6.07, 6.45) is 0. The first kappa shape index (κ1) is 27.6. The van der Waals surface area contributed by atoms with Crippen LogP contribution in [0.3, 0.4) is 0 Å². The van der Waals surface area contributed by atoms with Gasteiger partial charge in [-0.15, -0.1) is 10.2 Å². The topological polar surface area (TPSA) is 217 Å². The van der Waals surface area contributed by atoms with Gasteiger partial charge in [-0.1, -0.05) is 36.4 Å². The summed E-state index contributed by atoms with van der Waals surface area (Å²) in [5, 5.41) is 42.1. The van der Waals surface area contributed by atoms with Crippen LogP contribution < -0.4 is 0 Å². The largest absolute Gasteiger partial charge is 0.507 e. The van der Waals surface area contributed by atoms with Crippen LogP contribution in [0.25, 0.3) is 32.7 Å². The molecule has 0 fully saturated rings. The minimum Gasteiger partial charge on any atom is -0.507 e. The van der Waals surface area contributed by atoms with Crippen molar-refractivity contribution in [3.8, 4) is 22.6 Å². The Labute approximate surface area is 231 Å². The Morgan fingerprint density at radius 3 is 2.15 bits per heavy atom. The van der Waals surface area contributed by atoms with Crippen molar-refractivity contribution < 1.29 is 41.1 Å². The van der Waals surface area contributed by atoms with Gasteiger partial charge in [0.25, 0.3) is 25.9 Å². The number of non-ortho nitro benzene ring substituents is 1. The van der Waals surface area contributed by atoms with E-state index < -0.39 is 46.4 Å². The van der Waals surface area contributed by atoms with Gasteiger partial charge in [0.2, 0.25) is 0 Å². The molecule has 5 aromatic rings. The molecular weight excluding hydrogens is 578 g/mol. The predicted octanol–water partition coefficient (Wildman–Crippen LogP) is 5.89.